The number of fused-ring (bicyclic) bond motifs is 1. The van der Waals surface area contributed by atoms with Crippen LogP contribution in [0.4, 0.5) is 11.6 Å². The van der Waals surface area contributed by atoms with Crippen LogP contribution in [0.5, 0.6) is 0 Å². The van der Waals surface area contributed by atoms with Gasteiger partial charge < -0.3 is 15.2 Å². The van der Waals surface area contributed by atoms with E-state index in [0.29, 0.717) is 25.0 Å². The summed E-state index contributed by atoms with van der Waals surface area (Å²) in [4.78, 5) is 21.4. The first-order valence-electron chi connectivity index (χ1n) is 10.5. The molecule has 0 aliphatic heterocycles. The minimum Gasteiger partial charge on any atom is -0.354 e. The molecule has 4 aromatic rings. The van der Waals surface area contributed by atoms with Crippen LogP contribution in [0.1, 0.15) is 19.4 Å². The zero-order valence-corrected chi connectivity index (χ0v) is 18.1. The Hall–Kier alpha value is -3.67. The van der Waals surface area contributed by atoms with Crippen molar-refractivity contribution in [1.82, 2.24) is 19.9 Å². The molecule has 2 heterocycles. The first-order chi connectivity index (χ1) is 15.0. The molecule has 158 valence electrons. The van der Waals surface area contributed by atoms with E-state index in [4.69, 9.17) is 4.98 Å². The van der Waals surface area contributed by atoms with Gasteiger partial charge in [0.15, 0.2) is 0 Å². The summed E-state index contributed by atoms with van der Waals surface area (Å²) >= 11 is 0. The van der Waals surface area contributed by atoms with E-state index in [2.05, 4.69) is 48.5 Å². The van der Waals surface area contributed by atoms with Crippen LogP contribution in [0, 0.1) is 12.8 Å². The van der Waals surface area contributed by atoms with E-state index in [0.717, 1.165) is 27.8 Å². The molecule has 2 aromatic carbocycles. The summed E-state index contributed by atoms with van der Waals surface area (Å²) in [5.74, 6) is 0.994. The van der Waals surface area contributed by atoms with Crippen molar-refractivity contribution in [3.8, 4) is 11.3 Å². The van der Waals surface area contributed by atoms with Gasteiger partial charge in [-0.05, 0) is 48.7 Å². The van der Waals surface area contributed by atoms with Crippen LogP contribution < -0.4 is 10.6 Å². The number of aromatic nitrogens is 3. The van der Waals surface area contributed by atoms with Gasteiger partial charge in [-0.2, -0.15) is 0 Å². The second kappa shape index (κ2) is 9.00. The molecule has 0 saturated carbocycles. The summed E-state index contributed by atoms with van der Waals surface area (Å²) in [6.45, 7) is 7.20. The van der Waals surface area contributed by atoms with Crippen molar-refractivity contribution in [2.24, 2.45) is 5.92 Å². The topological polar surface area (TPSA) is 71.8 Å². The van der Waals surface area contributed by atoms with Crippen LogP contribution in [0.25, 0.3) is 22.2 Å². The average Bonchev–Trinajstić information content (AvgIpc) is 3.15. The number of rotatable bonds is 7. The molecule has 2 N–H and O–H groups in total. The molecular formula is C25H27N5O. The lowest BCUT2D eigenvalue weighted by Crippen LogP contribution is -2.30. The van der Waals surface area contributed by atoms with Crippen molar-refractivity contribution in [2.75, 3.05) is 11.9 Å². The summed E-state index contributed by atoms with van der Waals surface area (Å²) < 4.78 is 1.97. The Morgan fingerprint density at radius 1 is 1.10 bits per heavy atom. The summed E-state index contributed by atoms with van der Waals surface area (Å²) in [6.07, 6.45) is 3.71. The Kier molecular flexibility index (Phi) is 5.98. The molecular weight excluding hydrogens is 386 g/mol. The van der Waals surface area contributed by atoms with Gasteiger partial charge in [0.05, 0.1) is 5.69 Å². The fourth-order valence-corrected chi connectivity index (χ4v) is 3.53. The van der Waals surface area contributed by atoms with Crippen molar-refractivity contribution < 1.29 is 4.79 Å². The van der Waals surface area contributed by atoms with Gasteiger partial charge in [-0.25, -0.2) is 9.97 Å². The number of benzene rings is 2. The lowest BCUT2D eigenvalue weighted by atomic mass is 10.1. The highest BCUT2D eigenvalue weighted by Crippen LogP contribution is 2.29. The minimum absolute atomic E-state index is 0.0169. The summed E-state index contributed by atoms with van der Waals surface area (Å²) in [5, 5.41) is 7.31. The van der Waals surface area contributed by atoms with Crippen LogP contribution in [-0.4, -0.2) is 27.0 Å². The predicted octanol–water partition coefficient (Wildman–Crippen LogP) is 4.92. The fourth-order valence-electron chi connectivity index (χ4n) is 3.53. The van der Waals surface area contributed by atoms with E-state index in [1.54, 1.807) is 6.20 Å². The van der Waals surface area contributed by atoms with E-state index in [1.165, 1.54) is 5.56 Å². The van der Waals surface area contributed by atoms with Crippen molar-refractivity contribution >= 4 is 28.4 Å². The van der Waals surface area contributed by atoms with Gasteiger partial charge in [-0.1, -0.05) is 38.1 Å². The molecule has 0 bridgehead atoms. The molecule has 2 aromatic heterocycles. The third kappa shape index (κ3) is 4.91. The standard InChI is InChI=1S/C25H27N5O/c1-17(2)15-27-24(31)16-30-13-11-21-20(8-5-9-23(21)30)22-10-12-26-25(29-22)28-19-7-4-6-18(3)14-19/h4-14,17H,15-16H2,1-3H3,(H,27,31)(H,26,28,29). The molecule has 6 heteroatoms. The van der Waals surface area contributed by atoms with Crippen molar-refractivity contribution in [3.05, 3.63) is 72.6 Å². The van der Waals surface area contributed by atoms with E-state index < -0.39 is 0 Å². The highest BCUT2D eigenvalue weighted by Gasteiger charge is 2.12. The summed E-state index contributed by atoms with van der Waals surface area (Å²) in [7, 11) is 0. The largest absolute Gasteiger partial charge is 0.354 e. The van der Waals surface area contributed by atoms with Gasteiger partial charge in [-0.15, -0.1) is 0 Å². The van der Waals surface area contributed by atoms with Gasteiger partial charge in [-0.3, -0.25) is 4.79 Å². The molecule has 1 amide bonds. The molecule has 0 radical (unpaired) electrons. The summed E-state index contributed by atoms with van der Waals surface area (Å²) in [6, 6.07) is 18.1. The number of nitrogens with zero attached hydrogens (tertiary/aromatic N) is 3. The monoisotopic (exact) mass is 413 g/mol. The Labute approximate surface area is 182 Å². The Morgan fingerprint density at radius 3 is 2.74 bits per heavy atom. The molecule has 0 aliphatic carbocycles. The second-order valence-corrected chi connectivity index (χ2v) is 8.14. The molecule has 0 unspecified atom stereocenters. The smallest absolute Gasteiger partial charge is 0.239 e. The van der Waals surface area contributed by atoms with Gasteiger partial charge in [0, 0.05) is 41.1 Å². The number of hydrogen-bond donors (Lipinski definition) is 2. The molecule has 6 nitrogen and oxygen atoms in total. The summed E-state index contributed by atoms with van der Waals surface area (Å²) in [5.41, 5.74) is 4.97. The zero-order valence-electron chi connectivity index (χ0n) is 18.1. The van der Waals surface area contributed by atoms with Crippen LogP contribution in [-0.2, 0) is 11.3 Å². The molecule has 0 saturated heterocycles. The zero-order chi connectivity index (χ0) is 21.8. The van der Waals surface area contributed by atoms with Crippen LogP contribution in [0.2, 0.25) is 0 Å². The molecule has 0 atom stereocenters. The maximum atomic E-state index is 12.3. The molecule has 31 heavy (non-hydrogen) atoms. The molecule has 4 rings (SSSR count). The molecule has 0 aliphatic rings. The Balaban J connectivity index is 1.60. The van der Waals surface area contributed by atoms with Crippen LogP contribution in [0.3, 0.4) is 0 Å². The van der Waals surface area contributed by atoms with E-state index in [9.17, 15) is 4.79 Å². The lowest BCUT2D eigenvalue weighted by Gasteiger charge is -2.10. The first kappa shape index (κ1) is 20.6. The van der Waals surface area contributed by atoms with Crippen LogP contribution in [0.15, 0.2) is 67.0 Å². The van der Waals surface area contributed by atoms with Crippen molar-refractivity contribution in [3.63, 3.8) is 0 Å². The predicted molar refractivity (Wildman–Crippen MR) is 125 cm³/mol. The average molecular weight is 414 g/mol. The third-order valence-electron chi connectivity index (χ3n) is 5.04. The first-order valence-corrected chi connectivity index (χ1v) is 10.5. The number of hydrogen-bond acceptors (Lipinski definition) is 4. The van der Waals surface area contributed by atoms with Gasteiger partial charge in [0.2, 0.25) is 11.9 Å². The minimum atomic E-state index is 0.0169. The number of anilines is 2. The number of amides is 1. The second-order valence-electron chi connectivity index (χ2n) is 8.14. The Morgan fingerprint density at radius 2 is 1.94 bits per heavy atom. The highest BCUT2D eigenvalue weighted by atomic mass is 16.1. The number of carbonyl (C=O) groups is 1. The lowest BCUT2D eigenvalue weighted by molar-refractivity contribution is -0.121. The third-order valence-corrected chi connectivity index (χ3v) is 5.04. The highest BCUT2D eigenvalue weighted by molar-refractivity contribution is 5.95. The number of aryl methyl sites for hydroxylation is 1. The van der Waals surface area contributed by atoms with Crippen molar-refractivity contribution in [1.29, 1.82) is 0 Å². The molecule has 0 spiro atoms. The number of nitrogens with one attached hydrogen (secondary N) is 2. The normalized spacial score (nSPS) is 11.1. The number of carbonyl (C=O) groups excluding carboxylic acids is 1. The van der Waals surface area contributed by atoms with E-state index in [1.807, 2.05) is 53.2 Å². The van der Waals surface area contributed by atoms with Gasteiger partial charge in [0.1, 0.15) is 6.54 Å². The maximum absolute atomic E-state index is 12.3. The Bertz CT molecular complexity index is 1210. The van der Waals surface area contributed by atoms with Gasteiger partial charge >= 0.3 is 0 Å². The maximum Gasteiger partial charge on any atom is 0.239 e. The molecule has 0 fully saturated rings. The SMILES string of the molecule is Cc1cccc(Nc2nccc(-c3cccc4c3ccn4CC(=O)NCC(C)C)n2)c1. The fraction of sp³-hybridized carbons (Fsp3) is 0.240. The van der Waals surface area contributed by atoms with Crippen molar-refractivity contribution in [2.45, 2.75) is 27.3 Å². The van der Waals surface area contributed by atoms with E-state index in [-0.39, 0.29) is 5.91 Å². The van der Waals surface area contributed by atoms with E-state index >= 15 is 0 Å². The quantitative estimate of drug-likeness (QED) is 0.451. The van der Waals surface area contributed by atoms with Gasteiger partial charge in [0.25, 0.3) is 0 Å². The van der Waals surface area contributed by atoms with Crippen LogP contribution >= 0.6 is 0 Å².